The number of aliphatic imine (C=N–C) groups is 1. The molecule has 5 nitrogen and oxygen atoms in total. The number of imidazole rings is 1. The molecular weight excluding hydrogens is 216 g/mol. The molecule has 1 aromatic carbocycles. The van der Waals surface area contributed by atoms with Gasteiger partial charge in [-0.3, -0.25) is 14.4 Å². The average Bonchev–Trinajstić information content (AvgIpc) is 2.51. The van der Waals surface area contributed by atoms with Crippen molar-refractivity contribution in [2.24, 2.45) is 10.7 Å². The first-order valence-corrected chi connectivity index (χ1v) is 5.24. The molecule has 1 aromatic heterocycles. The molecule has 0 bridgehead atoms. The Morgan fingerprint density at radius 1 is 1.41 bits per heavy atom. The Hall–Kier alpha value is -2.43. The summed E-state index contributed by atoms with van der Waals surface area (Å²) in [4.78, 5) is 19.8. The fraction of sp³-hybridized carbons (Fsp3) is 0.0833. The molecule has 0 saturated carbocycles. The number of carbonyl (C=O) groups is 1. The van der Waals surface area contributed by atoms with Crippen LogP contribution in [0.3, 0.4) is 0 Å². The van der Waals surface area contributed by atoms with Crippen LogP contribution in [0.2, 0.25) is 0 Å². The number of hydrogen-bond donors (Lipinski definition) is 1. The van der Waals surface area contributed by atoms with Gasteiger partial charge in [0.2, 0.25) is 5.91 Å². The van der Waals surface area contributed by atoms with Gasteiger partial charge in [0.15, 0.2) is 5.82 Å². The molecule has 0 atom stereocenters. The molecule has 1 aliphatic rings. The third-order valence-corrected chi connectivity index (χ3v) is 2.67. The first-order chi connectivity index (χ1) is 8.25. The van der Waals surface area contributed by atoms with Crippen molar-refractivity contribution in [3.05, 3.63) is 35.7 Å². The van der Waals surface area contributed by atoms with Crippen LogP contribution in [0.25, 0.3) is 17.2 Å². The van der Waals surface area contributed by atoms with Crippen molar-refractivity contribution in [2.45, 2.75) is 0 Å². The van der Waals surface area contributed by atoms with Crippen molar-refractivity contribution in [1.29, 1.82) is 0 Å². The van der Waals surface area contributed by atoms with Crippen molar-refractivity contribution < 1.29 is 4.79 Å². The maximum atomic E-state index is 11.2. The van der Waals surface area contributed by atoms with Gasteiger partial charge in [-0.25, -0.2) is 4.98 Å². The molecular formula is C12H10N4O. The number of nitrogens with zero attached hydrogens (tertiary/aromatic N) is 3. The minimum atomic E-state index is -0.436. The molecule has 0 radical (unpaired) electrons. The number of nitrogens with two attached hydrogens (primary N) is 1. The number of fused-ring (bicyclic) bond motifs is 3. The fourth-order valence-electron chi connectivity index (χ4n) is 1.86. The standard InChI is InChI=1S/C12H10N4O/c13-12(17)8-2-3-9-10(6-8)16-5-1-4-14-7-11(16)15-9/h1-3,5-7H,4H2,(H2,13,17). The van der Waals surface area contributed by atoms with Gasteiger partial charge in [0.1, 0.15) is 0 Å². The van der Waals surface area contributed by atoms with E-state index in [0.717, 1.165) is 16.9 Å². The third-order valence-electron chi connectivity index (χ3n) is 2.67. The summed E-state index contributed by atoms with van der Waals surface area (Å²) in [7, 11) is 0. The van der Waals surface area contributed by atoms with Gasteiger partial charge < -0.3 is 5.73 Å². The average molecular weight is 226 g/mol. The predicted octanol–water partition coefficient (Wildman–Crippen LogP) is 1.04. The van der Waals surface area contributed by atoms with Crippen molar-refractivity contribution in [2.75, 3.05) is 6.54 Å². The molecule has 84 valence electrons. The van der Waals surface area contributed by atoms with Gasteiger partial charge in [-0.05, 0) is 24.3 Å². The Balaban J connectivity index is 2.32. The van der Waals surface area contributed by atoms with E-state index in [4.69, 9.17) is 5.73 Å². The van der Waals surface area contributed by atoms with Crippen LogP contribution < -0.4 is 5.73 Å². The Morgan fingerprint density at radius 2 is 2.29 bits per heavy atom. The van der Waals surface area contributed by atoms with Crippen molar-refractivity contribution in [1.82, 2.24) is 9.55 Å². The van der Waals surface area contributed by atoms with Crippen LogP contribution in [-0.2, 0) is 0 Å². The zero-order valence-electron chi connectivity index (χ0n) is 9.00. The molecule has 0 saturated heterocycles. The summed E-state index contributed by atoms with van der Waals surface area (Å²) in [5, 5.41) is 0. The zero-order chi connectivity index (χ0) is 11.8. The summed E-state index contributed by atoms with van der Waals surface area (Å²) < 4.78 is 1.90. The van der Waals surface area contributed by atoms with Gasteiger partial charge >= 0.3 is 0 Å². The number of primary amides is 1. The lowest BCUT2D eigenvalue weighted by atomic mass is 10.2. The van der Waals surface area contributed by atoms with Crippen LogP contribution in [0.4, 0.5) is 0 Å². The van der Waals surface area contributed by atoms with E-state index in [1.54, 1.807) is 24.4 Å². The molecule has 0 aliphatic carbocycles. The monoisotopic (exact) mass is 226 g/mol. The SMILES string of the molecule is NC(=O)c1ccc2nc3n(c2c1)C=CCN=C3. The highest BCUT2D eigenvalue weighted by Crippen LogP contribution is 2.18. The molecule has 3 rings (SSSR count). The summed E-state index contributed by atoms with van der Waals surface area (Å²) in [6.45, 7) is 0.639. The van der Waals surface area contributed by atoms with Gasteiger partial charge in [-0.15, -0.1) is 0 Å². The van der Waals surface area contributed by atoms with Gasteiger partial charge in [0, 0.05) is 11.8 Å². The summed E-state index contributed by atoms with van der Waals surface area (Å²) in [6.07, 6.45) is 5.57. The number of amides is 1. The molecule has 1 aliphatic heterocycles. The van der Waals surface area contributed by atoms with E-state index >= 15 is 0 Å². The highest BCUT2D eigenvalue weighted by atomic mass is 16.1. The lowest BCUT2D eigenvalue weighted by Crippen LogP contribution is -2.10. The van der Waals surface area contributed by atoms with Crippen molar-refractivity contribution in [3.8, 4) is 0 Å². The maximum absolute atomic E-state index is 11.2. The van der Waals surface area contributed by atoms with Crippen molar-refractivity contribution in [3.63, 3.8) is 0 Å². The van der Waals surface area contributed by atoms with Crippen molar-refractivity contribution >= 4 is 29.4 Å². The first-order valence-electron chi connectivity index (χ1n) is 5.24. The van der Waals surface area contributed by atoms with Crippen LogP contribution in [0.1, 0.15) is 16.2 Å². The van der Waals surface area contributed by atoms with E-state index < -0.39 is 5.91 Å². The lowest BCUT2D eigenvalue weighted by Gasteiger charge is -1.99. The number of rotatable bonds is 1. The van der Waals surface area contributed by atoms with E-state index in [9.17, 15) is 4.79 Å². The summed E-state index contributed by atoms with van der Waals surface area (Å²) in [6, 6.07) is 5.22. The molecule has 0 fully saturated rings. The minimum absolute atomic E-state index is 0.436. The number of carbonyl (C=O) groups excluding carboxylic acids is 1. The quantitative estimate of drug-likeness (QED) is 0.788. The first kappa shape index (κ1) is 9.77. The lowest BCUT2D eigenvalue weighted by molar-refractivity contribution is 0.100. The second-order valence-corrected chi connectivity index (χ2v) is 3.79. The van der Waals surface area contributed by atoms with Gasteiger partial charge in [0.25, 0.3) is 0 Å². The number of hydrogen-bond acceptors (Lipinski definition) is 3. The van der Waals surface area contributed by atoms with E-state index in [2.05, 4.69) is 9.98 Å². The molecule has 0 spiro atoms. The van der Waals surface area contributed by atoms with Crippen LogP contribution in [0.15, 0.2) is 29.3 Å². The Morgan fingerprint density at radius 3 is 3.12 bits per heavy atom. The summed E-state index contributed by atoms with van der Waals surface area (Å²) in [5.41, 5.74) is 7.43. The van der Waals surface area contributed by atoms with E-state index in [1.807, 2.05) is 16.8 Å². The van der Waals surface area contributed by atoms with Gasteiger partial charge in [-0.2, -0.15) is 0 Å². The third kappa shape index (κ3) is 1.52. The van der Waals surface area contributed by atoms with Crippen LogP contribution in [0.5, 0.6) is 0 Å². The topological polar surface area (TPSA) is 73.3 Å². The Kier molecular flexibility index (Phi) is 2.04. The molecule has 2 N–H and O–H groups in total. The van der Waals surface area contributed by atoms with E-state index in [0.29, 0.717) is 12.1 Å². The van der Waals surface area contributed by atoms with Gasteiger partial charge in [0.05, 0.1) is 23.8 Å². The number of benzene rings is 1. The second kappa shape index (κ2) is 3.55. The van der Waals surface area contributed by atoms with Gasteiger partial charge in [-0.1, -0.05) is 0 Å². The number of aromatic nitrogens is 2. The molecule has 2 aromatic rings. The van der Waals surface area contributed by atoms with Crippen LogP contribution >= 0.6 is 0 Å². The molecule has 1 amide bonds. The minimum Gasteiger partial charge on any atom is -0.366 e. The van der Waals surface area contributed by atoms with E-state index in [-0.39, 0.29) is 0 Å². The maximum Gasteiger partial charge on any atom is 0.248 e. The second-order valence-electron chi connectivity index (χ2n) is 3.79. The van der Waals surface area contributed by atoms with Crippen LogP contribution in [0, 0.1) is 0 Å². The normalized spacial score (nSPS) is 13.6. The molecule has 17 heavy (non-hydrogen) atoms. The zero-order valence-corrected chi connectivity index (χ0v) is 9.00. The highest BCUT2D eigenvalue weighted by Gasteiger charge is 2.10. The summed E-state index contributed by atoms with van der Waals surface area (Å²) >= 11 is 0. The molecule has 0 unspecified atom stereocenters. The van der Waals surface area contributed by atoms with Crippen LogP contribution in [-0.4, -0.2) is 28.2 Å². The Labute approximate surface area is 97.3 Å². The molecule has 2 heterocycles. The highest BCUT2D eigenvalue weighted by molar-refractivity contribution is 5.97. The fourth-order valence-corrected chi connectivity index (χ4v) is 1.86. The smallest absolute Gasteiger partial charge is 0.248 e. The summed E-state index contributed by atoms with van der Waals surface area (Å²) in [5.74, 6) is 0.323. The van der Waals surface area contributed by atoms with E-state index in [1.165, 1.54) is 0 Å². The largest absolute Gasteiger partial charge is 0.366 e. The molecule has 5 heteroatoms. The predicted molar refractivity (Wildman–Crippen MR) is 66.0 cm³/mol. The Bertz CT molecular complexity index is 666.